The van der Waals surface area contributed by atoms with Crippen molar-refractivity contribution >= 4 is 21.6 Å². The van der Waals surface area contributed by atoms with E-state index in [9.17, 15) is 4.79 Å². The van der Waals surface area contributed by atoms with Crippen molar-refractivity contribution in [2.24, 2.45) is 0 Å². The summed E-state index contributed by atoms with van der Waals surface area (Å²) in [4.78, 5) is 20.0. The Morgan fingerprint density at radius 1 is 1.32 bits per heavy atom. The zero-order valence-corrected chi connectivity index (χ0v) is 11.2. The first-order valence-electron chi connectivity index (χ1n) is 5.86. The van der Waals surface area contributed by atoms with Crippen molar-refractivity contribution in [1.29, 1.82) is 0 Å². The fraction of sp³-hybridized carbons (Fsp3) is 0.143. The van der Waals surface area contributed by atoms with Crippen LogP contribution in [0.2, 0.25) is 0 Å². The van der Waals surface area contributed by atoms with E-state index in [2.05, 4.69) is 9.97 Å². The van der Waals surface area contributed by atoms with Gasteiger partial charge in [-0.2, -0.15) is 0 Å². The number of para-hydroxylation sites is 1. The van der Waals surface area contributed by atoms with E-state index in [4.69, 9.17) is 4.74 Å². The fourth-order valence-corrected chi connectivity index (χ4v) is 2.81. The van der Waals surface area contributed by atoms with Crippen LogP contribution in [0.25, 0.3) is 10.2 Å². The molecule has 0 bridgehead atoms. The van der Waals surface area contributed by atoms with Crippen LogP contribution in [0.15, 0.2) is 40.5 Å². The molecule has 0 saturated carbocycles. The van der Waals surface area contributed by atoms with Crippen LogP contribution in [-0.2, 0) is 6.42 Å². The number of hydrogen-bond acceptors (Lipinski definition) is 4. The second-order valence-electron chi connectivity index (χ2n) is 4.14. The molecule has 0 aliphatic rings. The molecule has 3 rings (SSSR count). The number of ether oxygens (including phenoxy) is 1. The molecule has 96 valence electrons. The highest BCUT2D eigenvalue weighted by atomic mass is 32.1. The molecule has 0 unspecified atom stereocenters. The van der Waals surface area contributed by atoms with Gasteiger partial charge in [-0.3, -0.25) is 4.79 Å². The maximum atomic E-state index is 11.9. The zero-order valence-electron chi connectivity index (χ0n) is 10.3. The number of thiophene rings is 1. The van der Waals surface area contributed by atoms with Gasteiger partial charge in [-0.05, 0) is 17.5 Å². The van der Waals surface area contributed by atoms with Crippen LogP contribution in [0.5, 0.6) is 5.75 Å². The Bertz CT molecular complexity index is 776. The third-order valence-electron chi connectivity index (χ3n) is 2.93. The van der Waals surface area contributed by atoms with Gasteiger partial charge in [0.2, 0.25) is 0 Å². The van der Waals surface area contributed by atoms with Crippen LogP contribution in [-0.4, -0.2) is 17.1 Å². The summed E-state index contributed by atoms with van der Waals surface area (Å²) in [7, 11) is 1.64. The molecule has 1 N–H and O–H groups in total. The Hall–Kier alpha value is -2.14. The fourth-order valence-electron chi connectivity index (χ4n) is 2.02. The highest BCUT2D eigenvalue weighted by molar-refractivity contribution is 7.16. The first-order chi connectivity index (χ1) is 9.28. The largest absolute Gasteiger partial charge is 0.496 e. The lowest BCUT2D eigenvalue weighted by molar-refractivity contribution is 0.410. The molecule has 4 nitrogen and oxygen atoms in total. The Morgan fingerprint density at radius 3 is 3.00 bits per heavy atom. The third kappa shape index (κ3) is 2.24. The molecule has 3 aromatic rings. The molecular formula is C14H12N2O2S. The van der Waals surface area contributed by atoms with Crippen molar-refractivity contribution in [3.8, 4) is 5.75 Å². The molecule has 2 aromatic heterocycles. The highest BCUT2D eigenvalue weighted by Gasteiger charge is 2.08. The molecule has 1 aromatic carbocycles. The molecule has 5 heteroatoms. The Kier molecular flexibility index (Phi) is 3.05. The molecule has 0 spiro atoms. The molecule has 2 heterocycles. The number of benzene rings is 1. The summed E-state index contributed by atoms with van der Waals surface area (Å²) in [5.74, 6) is 1.46. The summed E-state index contributed by atoms with van der Waals surface area (Å²) >= 11 is 1.47. The van der Waals surface area contributed by atoms with Crippen molar-refractivity contribution < 1.29 is 4.74 Å². The Balaban J connectivity index is 2.03. The van der Waals surface area contributed by atoms with Crippen LogP contribution >= 0.6 is 11.3 Å². The maximum Gasteiger partial charge on any atom is 0.259 e. The lowest BCUT2D eigenvalue weighted by atomic mass is 10.1. The van der Waals surface area contributed by atoms with E-state index in [-0.39, 0.29) is 5.56 Å². The number of hydrogen-bond donors (Lipinski definition) is 1. The smallest absolute Gasteiger partial charge is 0.259 e. The monoisotopic (exact) mass is 272 g/mol. The number of aromatic nitrogens is 2. The van der Waals surface area contributed by atoms with Crippen LogP contribution in [0.4, 0.5) is 0 Å². The number of fused-ring (bicyclic) bond motifs is 1. The van der Waals surface area contributed by atoms with E-state index in [0.717, 1.165) is 16.1 Å². The number of methoxy groups -OCH3 is 1. The van der Waals surface area contributed by atoms with Crippen molar-refractivity contribution in [3.63, 3.8) is 0 Å². The van der Waals surface area contributed by atoms with Gasteiger partial charge in [0, 0.05) is 12.0 Å². The number of nitrogens with zero attached hydrogens (tertiary/aromatic N) is 1. The van der Waals surface area contributed by atoms with Crippen molar-refractivity contribution in [2.75, 3.05) is 7.11 Å². The van der Waals surface area contributed by atoms with E-state index >= 15 is 0 Å². The zero-order chi connectivity index (χ0) is 13.2. The molecule has 0 aliphatic carbocycles. The van der Waals surface area contributed by atoms with E-state index in [1.165, 1.54) is 11.3 Å². The van der Waals surface area contributed by atoms with Gasteiger partial charge < -0.3 is 9.72 Å². The van der Waals surface area contributed by atoms with E-state index in [0.29, 0.717) is 17.6 Å². The predicted octanol–water partition coefficient (Wildman–Crippen LogP) is 2.58. The lowest BCUT2D eigenvalue weighted by Gasteiger charge is -2.07. The summed E-state index contributed by atoms with van der Waals surface area (Å²) in [6.45, 7) is 0. The number of aromatic amines is 1. The van der Waals surface area contributed by atoms with Gasteiger partial charge in [-0.1, -0.05) is 18.2 Å². The first-order valence-corrected chi connectivity index (χ1v) is 6.74. The van der Waals surface area contributed by atoms with Gasteiger partial charge in [0.1, 0.15) is 16.4 Å². The average Bonchev–Trinajstić information content (AvgIpc) is 2.88. The SMILES string of the molecule is COc1ccccc1Cc1nc2sccc2c(=O)[nH]1. The molecule has 0 fully saturated rings. The van der Waals surface area contributed by atoms with Crippen molar-refractivity contribution in [2.45, 2.75) is 6.42 Å². The van der Waals surface area contributed by atoms with Gasteiger partial charge in [-0.15, -0.1) is 11.3 Å². The van der Waals surface area contributed by atoms with Crippen LogP contribution < -0.4 is 10.3 Å². The molecule has 0 atom stereocenters. The molecule has 0 radical (unpaired) electrons. The summed E-state index contributed by atoms with van der Waals surface area (Å²) in [5.41, 5.74) is 0.917. The van der Waals surface area contributed by atoms with Crippen molar-refractivity contribution in [3.05, 3.63) is 57.5 Å². The normalized spacial score (nSPS) is 10.8. The van der Waals surface area contributed by atoms with Gasteiger partial charge in [0.25, 0.3) is 5.56 Å². The van der Waals surface area contributed by atoms with Crippen molar-refractivity contribution in [1.82, 2.24) is 9.97 Å². The number of rotatable bonds is 3. The Labute approximate surface area is 113 Å². The number of nitrogens with one attached hydrogen (secondary N) is 1. The van der Waals surface area contributed by atoms with Gasteiger partial charge in [0.15, 0.2) is 0 Å². The number of H-pyrrole nitrogens is 1. The quantitative estimate of drug-likeness (QED) is 0.797. The van der Waals surface area contributed by atoms with Crippen LogP contribution in [0, 0.1) is 0 Å². The summed E-state index contributed by atoms with van der Waals surface area (Å²) < 4.78 is 5.30. The molecule has 19 heavy (non-hydrogen) atoms. The topological polar surface area (TPSA) is 55.0 Å². The highest BCUT2D eigenvalue weighted by Crippen LogP contribution is 2.20. The minimum absolute atomic E-state index is 0.0869. The molecular weight excluding hydrogens is 260 g/mol. The van der Waals surface area contributed by atoms with Gasteiger partial charge in [-0.25, -0.2) is 4.98 Å². The summed E-state index contributed by atoms with van der Waals surface area (Å²) in [6.07, 6.45) is 0.549. The van der Waals surface area contributed by atoms with E-state index in [1.54, 1.807) is 13.2 Å². The lowest BCUT2D eigenvalue weighted by Crippen LogP contribution is -2.11. The molecule has 0 saturated heterocycles. The standard InChI is InChI=1S/C14H12N2O2S/c1-18-11-5-3-2-4-9(11)8-12-15-13(17)10-6-7-19-14(10)16-12/h2-7H,8H2,1H3,(H,15,16,17). The second kappa shape index (κ2) is 4.85. The minimum Gasteiger partial charge on any atom is -0.496 e. The van der Waals surface area contributed by atoms with Crippen LogP contribution in [0.1, 0.15) is 11.4 Å². The van der Waals surface area contributed by atoms with Gasteiger partial charge in [0.05, 0.1) is 12.5 Å². The van der Waals surface area contributed by atoms with Gasteiger partial charge >= 0.3 is 0 Å². The maximum absolute atomic E-state index is 11.9. The Morgan fingerprint density at radius 2 is 2.16 bits per heavy atom. The van der Waals surface area contributed by atoms with E-state index in [1.807, 2.05) is 29.6 Å². The summed E-state index contributed by atoms with van der Waals surface area (Å²) in [5, 5.41) is 2.52. The molecule has 0 amide bonds. The average molecular weight is 272 g/mol. The second-order valence-corrected chi connectivity index (χ2v) is 5.04. The third-order valence-corrected chi connectivity index (χ3v) is 3.74. The minimum atomic E-state index is -0.0869. The molecule has 0 aliphatic heterocycles. The summed E-state index contributed by atoms with van der Waals surface area (Å²) in [6, 6.07) is 9.52. The van der Waals surface area contributed by atoms with E-state index < -0.39 is 0 Å². The van der Waals surface area contributed by atoms with Crippen LogP contribution in [0.3, 0.4) is 0 Å². The first kappa shape index (κ1) is 11.9. The predicted molar refractivity (Wildman–Crippen MR) is 76.0 cm³/mol.